The van der Waals surface area contributed by atoms with Crippen LogP contribution in [0.4, 0.5) is 10.1 Å². The van der Waals surface area contributed by atoms with Crippen molar-refractivity contribution in [3.05, 3.63) is 60.0 Å². The summed E-state index contributed by atoms with van der Waals surface area (Å²) in [5.74, 6) is 0.0561. The summed E-state index contributed by atoms with van der Waals surface area (Å²) >= 11 is 0. The van der Waals surface area contributed by atoms with Crippen molar-refractivity contribution in [2.24, 2.45) is 10.7 Å². The maximum absolute atomic E-state index is 15.0. The normalized spacial score (nSPS) is 16.1. The molecule has 2 heterocycles. The third-order valence-electron chi connectivity index (χ3n) is 5.61. The number of allylic oxidation sites excluding steroid dienone is 3. The number of nitrogens with zero attached hydrogens (tertiary/aromatic N) is 3. The predicted octanol–water partition coefficient (Wildman–Crippen LogP) is 4.17. The first-order valence-corrected chi connectivity index (χ1v) is 11.2. The average Bonchev–Trinajstić information content (AvgIpc) is 3.11. The number of anilines is 1. The Labute approximate surface area is 196 Å². The number of rotatable bonds is 10. The SMILES string of the molecule is [B][C@@H](CCC)C(C)NC1=C(F)C=C(C(=C)N)CC(Nc2ccc3c(cnn3CCOC)c2)=N1. The molecule has 0 amide bonds. The zero-order chi connectivity index (χ0) is 24.0. The summed E-state index contributed by atoms with van der Waals surface area (Å²) in [6, 6.07) is 5.75. The van der Waals surface area contributed by atoms with Gasteiger partial charge in [0.1, 0.15) is 5.84 Å². The number of amidine groups is 1. The van der Waals surface area contributed by atoms with Crippen molar-refractivity contribution >= 4 is 30.3 Å². The second kappa shape index (κ2) is 11.2. The standard InChI is InChI=1S/C24H32BFN6O/c1-5-6-20(25)16(3)29-24-21(26)12-17(15(2)27)13-23(31-24)30-19-7-8-22-18(11-19)14-28-32(22)9-10-33-4/h7-8,11-12,14,16,20,29H,2,5-6,9-10,13,27H2,1,3-4H3,(H,30,31)/t16?,20-/m0/s1. The lowest BCUT2D eigenvalue weighted by Gasteiger charge is -2.22. The van der Waals surface area contributed by atoms with Crippen molar-refractivity contribution in [1.82, 2.24) is 15.1 Å². The number of halogens is 1. The molecule has 33 heavy (non-hydrogen) atoms. The minimum Gasteiger partial charge on any atom is -0.399 e. The lowest BCUT2D eigenvalue weighted by Crippen LogP contribution is -2.30. The van der Waals surface area contributed by atoms with Gasteiger partial charge >= 0.3 is 0 Å². The van der Waals surface area contributed by atoms with Crippen LogP contribution in [-0.4, -0.2) is 43.2 Å². The second-order valence-corrected chi connectivity index (χ2v) is 8.27. The van der Waals surface area contributed by atoms with Crippen molar-refractivity contribution in [1.29, 1.82) is 0 Å². The van der Waals surface area contributed by atoms with Gasteiger partial charge in [-0.15, -0.1) is 0 Å². The van der Waals surface area contributed by atoms with Gasteiger partial charge < -0.3 is 21.1 Å². The quantitative estimate of drug-likeness (QED) is 0.473. The Kier molecular flexibility index (Phi) is 8.33. The average molecular weight is 450 g/mol. The lowest BCUT2D eigenvalue weighted by molar-refractivity contribution is 0.185. The Morgan fingerprint density at radius 2 is 2.21 bits per heavy atom. The number of nitrogens with one attached hydrogen (secondary N) is 2. The molecule has 1 aromatic heterocycles. The molecule has 4 N–H and O–H groups in total. The molecule has 7 nitrogen and oxygen atoms in total. The third kappa shape index (κ3) is 6.25. The van der Waals surface area contributed by atoms with Crippen LogP contribution >= 0.6 is 0 Å². The van der Waals surface area contributed by atoms with Crippen molar-refractivity contribution in [2.75, 3.05) is 19.0 Å². The maximum atomic E-state index is 15.0. The summed E-state index contributed by atoms with van der Waals surface area (Å²) in [7, 11) is 7.88. The molecule has 0 spiro atoms. The summed E-state index contributed by atoms with van der Waals surface area (Å²) < 4.78 is 22.0. The van der Waals surface area contributed by atoms with Gasteiger partial charge in [-0.05, 0) is 36.8 Å². The minimum atomic E-state index is -0.501. The van der Waals surface area contributed by atoms with Crippen molar-refractivity contribution in [3.63, 3.8) is 0 Å². The number of hydrogen-bond donors (Lipinski definition) is 3. The van der Waals surface area contributed by atoms with Gasteiger partial charge in [-0.3, -0.25) is 4.68 Å². The topological polar surface area (TPSA) is 89.5 Å². The summed E-state index contributed by atoms with van der Waals surface area (Å²) in [6.07, 6.45) is 5.28. The van der Waals surface area contributed by atoms with E-state index in [1.165, 1.54) is 6.08 Å². The molecule has 1 unspecified atom stereocenters. The van der Waals surface area contributed by atoms with Gasteiger partial charge in [0.2, 0.25) is 0 Å². The maximum Gasteiger partial charge on any atom is 0.165 e. The highest BCUT2D eigenvalue weighted by molar-refractivity contribution is 6.12. The molecule has 174 valence electrons. The highest BCUT2D eigenvalue weighted by Crippen LogP contribution is 2.25. The summed E-state index contributed by atoms with van der Waals surface area (Å²) in [6.45, 7) is 9.03. The van der Waals surface area contributed by atoms with Crippen LogP contribution in [0.3, 0.4) is 0 Å². The van der Waals surface area contributed by atoms with Gasteiger partial charge in [-0.25, -0.2) is 9.38 Å². The van der Waals surface area contributed by atoms with Gasteiger partial charge in [-0.2, -0.15) is 5.10 Å². The third-order valence-corrected chi connectivity index (χ3v) is 5.61. The van der Waals surface area contributed by atoms with Gasteiger partial charge in [0.05, 0.1) is 32.7 Å². The van der Waals surface area contributed by atoms with Crippen LogP contribution < -0.4 is 16.4 Å². The highest BCUT2D eigenvalue weighted by Gasteiger charge is 2.19. The molecule has 0 aliphatic carbocycles. The van der Waals surface area contributed by atoms with Crippen molar-refractivity contribution in [2.45, 2.75) is 51.5 Å². The summed E-state index contributed by atoms with van der Waals surface area (Å²) in [5.41, 5.74) is 8.59. The largest absolute Gasteiger partial charge is 0.399 e. The van der Waals surface area contributed by atoms with E-state index in [-0.39, 0.29) is 17.7 Å². The van der Waals surface area contributed by atoms with E-state index in [1.807, 2.05) is 36.0 Å². The fourth-order valence-electron chi connectivity index (χ4n) is 3.65. The monoisotopic (exact) mass is 450 g/mol. The van der Waals surface area contributed by atoms with Crippen LogP contribution in [0, 0.1) is 0 Å². The van der Waals surface area contributed by atoms with Gasteiger partial charge in [-0.1, -0.05) is 32.2 Å². The Morgan fingerprint density at radius 3 is 2.91 bits per heavy atom. The number of aromatic nitrogens is 2. The van der Waals surface area contributed by atoms with Crippen molar-refractivity contribution in [3.8, 4) is 0 Å². The molecule has 3 rings (SSSR count). The number of ether oxygens (including phenoxy) is 1. The van der Waals surface area contributed by atoms with Crippen LogP contribution in [0.25, 0.3) is 10.9 Å². The Bertz CT molecular complexity index is 1090. The fourth-order valence-corrected chi connectivity index (χ4v) is 3.65. The van der Waals surface area contributed by atoms with E-state index in [1.54, 1.807) is 7.11 Å². The van der Waals surface area contributed by atoms with E-state index in [0.29, 0.717) is 36.7 Å². The Balaban J connectivity index is 1.87. The van der Waals surface area contributed by atoms with E-state index in [9.17, 15) is 0 Å². The molecule has 9 heteroatoms. The van der Waals surface area contributed by atoms with Crippen LogP contribution in [0.5, 0.6) is 0 Å². The second-order valence-electron chi connectivity index (χ2n) is 8.27. The molecule has 0 fully saturated rings. The van der Waals surface area contributed by atoms with E-state index in [0.717, 1.165) is 29.4 Å². The van der Waals surface area contributed by atoms with Gasteiger partial charge in [0.15, 0.2) is 11.6 Å². The first-order valence-electron chi connectivity index (χ1n) is 11.2. The van der Waals surface area contributed by atoms with Crippen LogP contribution in [-0.2, 0) is 11.3 Å². The molecule has 1 aliphatic heterocycles. The molecular formula is C24H32BFN6O. The zero-order valence-electron chi connectivity index (χ0n) is 19.6. The van der Waals surface area contributed by atoms with Crippen molar-refractivity contribution < 1.29 is 9.13 Å². The molecule has 2 atom stereocenters. The summed E-state index contributed by atoms with van der Waals surface area (Å²) in [4.78, 5) is 4.55. The van der Waals surface area contributed by atoms with Crippen LogP contribution in [0.2, 0.25) is 5.82 Å². The van der Waals surface area contributed by atoms with E-state index >= 15 is 4.39 Å². The summed E-state index contributed by atoms with van der Waals surface area (Å²) in [5, 5.41) is 11.8. The number of benzene rings is 1. The first-order chi connectivity index (χ1) is 15.8. The number of fused-ring (bicyclic) bond motifs is 1. The van der Waals surface area contributed by atoms with Gasteiger partial charge in [0, 0.05) is 36.3 Å². The highest BCUT2D eigenvalue weighted by atomic mass is 19.1. The molecule has 0 saturated heterocycles. The predicted molar refractivity (Wildman–Crippen MR) is 134 cm³/mol. The zero-order valence-corrected chi connectivity index (χ0v) is 19.6. The molecule has 0 saturated carbocycles. The molecule has 1 aromatic carbocycles. The molecule has 1 aliphatic rings. The first kappa shape index (κ1) is 24.6. The Morgan fingerprint density at radius 1 is 1.42 bits per heavy atom. The Hall–Kier alpha value is -3.07. The number of methoxy groups -OCH3 is 1. The smallest absolute Gasteiger partial charge is 0.165 e. The molecule has 2 aromatic rings. The number of nitrogens with two attached hydrogens (primary N) is 1. The van der Waals surface area contributed by atoms with E-state index in [2.05, 4.69) is 34.2 Å². The van der Waals surface area contributed by atoms with Crippen LogP contribution in [0.15, 0.2) is 65.0 Å². The number of aliphatic imine (C=N–C) groups is 1. The fraction of sp³-hybridized carbons (Fsp3) is 0.417. The number of hydrogen-bond acceptors (Lipinski definition) is 6. The minimum absolute atomic E-state index is 0.116. The van der Waals surface area contributed by atoms with Crippen LogP contribution in [0.1, 0.15) is 33.1 Å². The lowest BCUT2D eigenvalue weighted by atomic mass is 9.78. The van der Waals surface area contributed by atoms with Gasteiger partial charge in [0.25, 0.3) is 0 Å². The molecule has 0 bridgehead atoms. The van der Waals surface area contributed by atoms with E-state index in [4.69, 9.17) is 18.3 Å². The molecule has 2 radical (unpaired) electrons. The molecular weight excluding hydrogens is 418 g/mol. The van der Waals surface area contributed by atoms with E-state index < -0.39 is 5.83 Å².